The van der Waals surface area contributed by atoms with Gasteiger partial charge in [0.2, 0.25) is 0 Å². The highest BCUT2D eigenvalue weighted by Crippen LogP contribution is 2.34. The Balaban J connectivity index is 1.29. The molecule has 0 radical (unpaired) electrons. The van der Waals surface area contributed by atoms with Gasteiger partial charge in [-0.1, -0.05) is 12.1 Å². The molecule has 9 nitrogen and oxygen atoms in total. The van der Waals surface area contributed by atoms with Crippen molar-refractivity contribution in [2.45, 2.75) is 6.18 Å². The van der Waals surface area contributed by atoms with Gasteiger partial charge in [0.15, 0.2) is 11.6 Å². The van der Waals surface area contributed by atoms with Crippen LogP contribution in [0.1, 0.15) is 5.56 Å². The molecular weight excluding hydrogens is 451 g/mol. The van der Waals surface area contributed by atoms with E-state index in [0.29, 0.717) is 38.5 Å². The van der Waals surface area contributed by atoms with E-state index < -0.39 is 17.8 Å². The van der Waals surface area contributed by atoms with Crippen LogP contribution < -0.4 is 15.1 Å². The Hall–Kier alpha value is -3.12. The van der Waals surface area contributed by atoms with E-state index in [-0.39, 0.29) is 12.3 Å². The van der Waals surface area contributed by atoms with Crippen molar-refractivity contribution in [3.05, 3.63) is 42.0 Å². The van der Waals surface area contributed by atoms with E-state index in [4.69, 9.17) is 5.11 Å². The Morgan fingerprint density at radius 3 is 1.97 bits per heavy atom. The maximum atomic E-state index is 13.2. The summed E-state index contributed by atoms with van der Waals surface area (Å²) in [7, 11) is 0. The van der Waals surface area contributed by atoms with E-state index in [0.717, 1.165) is 38.1 Å². The second-order valence-electron chi connectivity index (χ2n) is 8.25. The van der Waals surface area contributed by atoms with E-state index in [1.54, 1.807) is 0 Å². The molecule has 2 saturated heterocycles. The molecule has 0 atom stereocenters. The molecule has 0 unspecified atom stereocenters. The zero-order chi connectivity index (χ0) is 24.1. The Kier molecular flexibility index (Phi) is 7.37. The zero-order valence-electron chi connectivity index (χ0n) is 18.7. The molecule has 2 aliphatic heterocycles. The molecule has 0 aliphatic carbocycles. The number of β-amino-alcohol motifs (C(OH)–C–C–N with tert-alkyl or cyclic N) is 1. The number of rotatable bonds is 5. The fraction of sp³-hybridized carbons (Fsp3) is 0.500. The number of nitrogens with zero attached hydrogens (tertiary/aromatic N) is 6. The third-order valence-electron chi connectivity index (χ3n) is 6.11. The number of aliphatic hydroxyl groups excluding tert-OH is 1. The third-order valence-corrected chi connectivity index (χ3v) is 6.11. The van der Waals surface area contributed by atoms with Crippen LogP contribution in [-0.4, -0.2) is 96.6 Å². The highest BCUT2D eigenvalue weighted by molar-refractivity contribution is 5.90. The smallest absolute Gasteiger partial charge is 0.395 e. The van der Waals surface area contributed by atoms with Crippen molar-refractivity contribution in [2.24, 2.45) is 0 Å². The van der Waals surface area contributed by atoms with E-state index >= 15 is 0 Å². The van der Waals surface area contributed by atoms with Crippen LogP contribution in [0.5, 0.6) is 0 Å². The number of carbonyl (C=O) groups is 1. The molecule has 0 spiro atoms. The van der Waals surface area contributed by atoms with E-state index in [1.807, 2.05) is 17.0 Å². The molecule has 4 rings (SSSR count). The molecule has 2 N–H and O–H groups in total. The number of hydrogen-bond donors (Lipinski definition) is 2. The number of piperazine rings is 2. The molecule has 2 aliphatic rings. The number of amides is 2. The SMILES string of the molecule is O=C(Nc1ccccc1C(F)(F)F)N1CCN(c2ccc(N3CCN(CCO)CC3)nn2)CC1. The van der Waals surface area contributed by atoms with Crippen LogP contribution in [0.15, 0.2) is 36.4 Å². The van der Waals surface area contributed by atoms with Crippen molar-refractivity contribution < 1.29 is 23.1 Å². The number of aliphatic hydroxyl groups is 1. The number of halogens is 3. The number of alkyl halides is 3. The van der Waals surface area contributed by atoms with Crippen molar-refractivity contribution >= 4 is 23.4 Å². The largest absolute Gasteiger partial charge is 0.418 e. The number of anilines is 3. The summed E-state index contributed by atoms with van der Waals surface area (Å²) in [4.78, 5) is 20.4. The van der Waals surface area contributed by atoms with E-state index in [1.165, 1.54) is 23.1 Å². The molecule has 2 fully saturated rings. The van der Waals surface area contributed by atoms with Gasteiger partial charge in [-0.05, 0) is 24.3 Å². The summed E-state index contributed by atoms with van der Waals surface area (Å²) in [6.07, 6.45) is -4.54. The number of urea groups is 1. The first kappa shape index (κ1) is 24.0. The number of benzene rings is 1. The zero-order valence-corrected chi connectivity index (χ0v) is 18.7. The van der Waals surface area contributed by atoms with E-state index in [9.17, 15) is 18.0 Å². The average molecular weight is 480 g/mol. The Morgan fingerprint density at radius 2 is 1.44 bits per heavy atom. The molecular formula is C22H28F3N7O2. The molecule has 184 valence electrons. The maximum Gasteiger partial charge on any atom is 0.418 e. The molecule has 1 aromatic carbocycles. The molecule has 34 heavy (non-hydrogen) atoms. The van der Waals surface area contributed by atoms with Gasteiger partial charge in [0.05, 0.1) is 17.9 Å². The molecule has 1 aromatic heterocycles. The van der Waals surface area contributed by atoms with Crippen molar-refractivity contribution in [1.82, 2.24) is 20.0 Å². The number of carbonyl (C=O) groups excluding carboxylic acids is 1. The van der Waals surface area contributed by atoms with Gasteiger partial charge in [-0.3, -0.25) is 4.90 Å². The average Bonchev–Trinajstić information content (AvgIpc) is 2.85. The van der Waals surface area contributed by atoms with Crippen LogP contribution in [0.2, 0.25) is 0 Å². The normalized spacial score (nSPS) is 17.7. The maximum absolute atomic E-state index is 13.2. The van der Waals surface area contributed by atoms with Crippen LogP contribution in [0.3, 0.4) is 0 Å². The third kappa shape index (κ3) is 5.68. The van der Waals surface area contributed by atoms with Crippen molar-refractivity contribution in [3.63, 3.8) is 0 Å². The van der Waals surface area contributed by atoms with Gasteiger partial charge >= 0.3 is 12.2 Å². The van der Waals surface area contributed by atoms with Crippen LogP contribution in [0, 0.1) is 0 Å². The highest BCUT2D eigenvalue weighted by atomic mass is 19.4. The van der Waals surface area contributed by atoms with Crippen LogP contribution in [0.4, 0.5) is 35.3 Å². The first-order valence-electron chi connectivity index (χ1n) is 11.2. The van der Waals surface area contributed by atoms with E-state index in [2.05, 4.69) is 25.3 Å². The van der Waals surface area contributed by atoms with Gasteiger partial charge in [-0.25, -0.2) is 4.79 Å². The minimum absolute atomic E-state index is 0.157. The molecule has 0 bridgehead atoms. The standard InChI is InChI=1S/C22H28F3N7O2/c23-22(24,25)17-3-1-2-4-18(17)26-21(34)32-13-11-31(12-14-32)20-6-5-19(27-28-20)30-9-7-29(8-10-30)15-16-33/h1-6,33H,7-16H2,(H,26,34). The second kappa shape index (κ2) is 10.4. The quantitative estimate of drug-likeness (QED) is 0.678. The fourth-order valence-corrected chi connectivity index (χ4v) is 4.17. The minimum atomic E-state index is -4.54. The topological polar surface area (TPSA) is 88.1 Å². The molecule has 12 heteroatoms. The predicted octanol–water partition coefficient (Wildman–Crippen LogP) is 1.96. The number of hydrogen-bond acceptors (Lipinski definition) is 7. The van der Waals surface area contributed by atoms with Gasteiger partial charge in [0.1, 0.15) is 0 Å². The lowest BCUT2D eigenvalue weighted by Gasteiger charge is -2.36. The van der Waals surface area contributed by atoms with Crippen LogP contribution in [0.25, 0.3) is 0 Å². The van der Waals surface area contributed by atoms with Crippen molar-refractivity contribution in [3.8, 4) is 0 Å². The second-order valence-corrected chi connectivity index (χ2v) is 8.25. The molecule has 2 aromatic rings. The lowest BCUT2D eigenvalue weighted by molar-refractivity contribution is -0.136. The number of aromatic nitrogens is 2. The van der Waals surface area contributed by atoms with Crippen molar-refractivity contribution in [2.75, 3.05) is 80.6 Å². The minimum Gasteiger partial charge on any atom is -0.395 e. The Morgan fingerprint density at radius 1 is 0.882 bits per heavy atom. The summed E-state index contributed by atoms with van der Waals surface area (Å²) in [6, 6.07) is 8.22. The van der Waals surface area contributed by atoms with Gasteiger partial charge in [-0.2, -0.15) is 13.2 Å². The van der Waals surface area contributed by atoms with Gasteiger partial charge < -0.3 is 25.1 Å². The summed E-state index contributed by atoms with van der Waals surface area (Å²) in [6.45, 7) is 5.92. The first-order valence-corrected chi connectivity index (χ1v) is 11.2. The van der Waals surface area contributed by atoms with Crippen molar-refractivity contribution in [1.29, 1.82) is 0 Å². The Labute approximate surface area is 195 Å². The first-order chi connectivity index (χ1) is 16.3. The highest BCUT2D eigenvalue weighted by Gasteiger charge is 2.34. The molecule has 0 saturated carbocycles. The molecule has 2 amide bonds. The monoisotopic (exact) mass is 479 g/mol. The summed E-state index contributed by atoms with van der Waals surface area (Å²) in [5.41, 5.74) is -1.12. The summed E-state index contributed by atoms with van der Waals surface area (Å²) < 4.78 is 39.5. The predicted molar refractivity (Wildman–Crippen MR) is 122 cm³/mol. The fourth-order valence-electron chi connectivity index (χ4n) is 4.17. The summed E-state index contributed by atoms with van der Waals surface area (Å²) in [5.74, 6) is 1.50. The summed E-state index contributed by atoms with van der Waals surface area (Å²) in [5, 5.41) is 20.2. The van der Waals surface area contributed by atoms with Gasteiger partial charge in [0, 0.05) is 58.9 Å². The van der Waals surface area contributed by atoms with Crippen LogP contribution >= 0.6 is 0 Å². The summed E-state index contributed by atoms with van der Waals surface area (Å²) >= 11 is 0. The number of nitrogens with one attached hydrogen (secondary N) is 1. The lowest BCUT2D eigenvalue weighted by atomic mass is 10.1. The lowest BCUT2D eigenvalue weighted by Crippen LogP contribution is -2.50. The van der Waals surface area contributed by atoms with Crippen LogP contribution in [-0.2, 0) is 6.18 Å². The number of para-hydroxylation sites is 1. The van der Waals surface area contributed by atoms with Gasteiger partial charge in [-0.15, -0.1) is 10.2 Å². The van der Waals surface area contributed by atoms with Gasteiger partial charge in [0.25, 0.3) is 0 Å². The Bertz CT molecular complexity index is 958. The molecule has 3 heterocycles.